The first-order valence-corrected chi connectivity index (χ1v) is 8.28. The topological polar surface area (TPSA) is 90.8 Å². The molecule has 0 atom stereocenters. The number of rotatable bonds is 5. The quantitative estimate of drug-likeness (QED) is 0.790. The summed E-state index contributed by atoms with van der Waals surface area (Å²) in [5, 5.41) is 8.61. The summed E-state index contributed by atoms with van der Waals surface area (Å²) < 4.78 is 26.3. The molecular formula is C12H16ClN3O4S. The van der Waals surface area contributed by atoms with Crippen LogP contribution in [0.2, 0.25) is 5.15 Å². The number of piperazine rings is 1. The van der Waals surface area contributed by atoms with E-state index in [1.807, 2.05) is 4.90 Å². The second kappa shape index (κ2) is 6.69. The number of aromatic nitrogens is 1. The van der Waals surface area contributed by atoms with Crippen LogP contribution in [0.25, 0.3) is 0 Å². The van der Waals surface area contributed by atoms with Crippen LogP contribution in [0.15, 0.2) is 23.2 Å². The van der Waals surface area contributed by atoms with Crippen molar-refractivity contribution < 1.29 is 18.3 Å². The molecule has 1 saturated heterocycles. The van der Waals surface area contributed by atoms with Crippen molar-refractivity contribution in [2.24, 2.45) is 0 Å². The van der Waals surface area contributed by atoms with Gasteiger partial charge in [0.25, 0.3) is 0 Å². The Labute approximate surface area is 128 Å². The van der Waals surface area contributed by atoms with Gasteiger partial charge < -0.3 is 10.0 Å². The Bertz CT molecular complexity index is 615. The van der Waals surface area contributed by atoms with E-state index >= 15 is 0 Å². The summed E-state index contributed by atoms with van der Waals surface area (Å²) in [7, 11) is -3.65. The molecular weight excluding hydrogens is 318 g/mol. The lowest BCUT2D eigenvalue weighted by Gasteiger charge is -2.33. The first kappa shape index (κ1) is 16.2. The maximum atomic E-state index is 12.5. The fourth-order valence-corrected chi connectivity index (χ4v) is 4.00. The molecule has 116 valence electrons. The molecule has 1 aliphatic heterocycles. The third-order valence-corrected chi connectivity index (χ3v) is 5.66. The number of aliphatic carboxylic acids is 1. The number of carboxylic acid groups (broad SMARTS) is 1. The van der Waals surface area contributed by atoms with Crippen LogP contribution in [-0.2, 0) is 14.8 Å². The molecule has 21 heavy (non-hydrogen) atoms. The molecule has 2 rings (SSSR count). The van der Waals surface area contributed by atoms with Crippen molar-refractivity contribution in [3.63, 3.8) is 0 Å². The Morgan fingerprint density at radius 3 is 2.57 bits per heavy atom. The molecule has 7 nitrogen and oxygen atoms in total. The van der Waals surface area contributed by atoms with Crippen molar-refractivity contribution in [3.8, 4) is 0 Å². The number of hydrogen-bond acceptors (Lipinski definition) is 5. The van der Waals surface area contributed by atoms with Gasteiger partial charge in [-0.05, 0) is 12.1 Å². The second-order valence-electron chi connectivity index (χ2n) is 4.68. The van der Waals surface area contributed by atoms with Crippen LogP contribution in [0.5, 0.6) is 0 Å². The van der Waals surface area contributed by atoms with E-state index in [1.165, 1.54) is 22.6 Å². The minimum Gasteiger partial charge on any atom is -0.481 e. The molecule has 2 heterocycles. The summed E-state index contributed by atoms with van der Waals surface area (Å²) >= 11 is 5.85. The predicted octanol–water partition coefficient (Wildman–Crippen LogP) is 0.516. The van der Waals surface area contributed by atoms with E-state index in [9.17, 15) is 13.2 Å². The zero-order chi connectivity index (χ0) is 15.5. The zero-order valence-electron chi connectivity index (χ0n) is 11.3. The summed E-state index contributed by atoms with van der Waals surface area (Å²) in [5.41, 5.74) is 0. The average molecular weight is 334 g/mol. The summed E-state index contributed by atoms with van der Waals surface area (Å²) in [4.78, 5) is 16.3. The lowest BCUT2D eigenvalue weighted by Crippen LogP contribution is -2.49. The van der Waals surface area contributed by atoms with Crippen LogP contribution < -0.4 is 0 Å². The fourth-order valence-electron chi connectivity index (χ4n) is 2.15. The molecule has 0 spiro atoms. The van der Waals surface area contributed by atoms with Crippen LogP contribution in [0.1, 0.15) is 6.42 Å². The number of hydrogen-bond donors (Lipinski definition) is 1. The summed E-state index contributed by atoms with van der Waals surface area (Å²) in [6, 6.07) is 2.96. The van der Waals surface area contributed by atoms with Crippen molar-refractivity contribution in [3.05, 3.63) is 23.5 Å². The number of carbonyl (C=O) groups is 1. The number of halogens is 1. The highest BCUT2D eigenvalue weighted by Gasteiger charge is 2.30. The monoisotopic (exact) mass is 333 g/mol. The minimum absolute atomic E-state index is 0.00523. The highest BCUT2D eigenvalue weighted by Crippen LogP contribution is 2.23. The molecule has 9 heteroatoms. The van der Waals surface area contributed by atoms with Gasteiger partial charge in [-0.15, -0.1) is 0 Å². The third-order valence-electron chi connectivity index (χ3n) is 3.32. The van der Waals surface area contributed by atoms with Crippen molar-refractivity contribution in [2.45, 2.75) is 11.3 Å². The fraction of sp³-hybridized carbons (Fsp3) is 0.500. The number of sulfonamides is 1. The van der Waals surface area contributed by atoms with E-state index in [4.69, 9.17) is 16.7 Å². The largest absolute Gasteiger partial charge is 0.481 e. The Kier molecular flexibility index (Phi) is 5.15. The van der Waals surface area contributed by atoms with Gasteiger partial charge in [0, 0.05) is 38.9 Å². The van der Waals surface area contributed by atoms with Crippen molar-refractivity contribution >= 4 is 27.6 Å². The van der Waals surface area contributed by atoms with E-state index in [-0.39, 0.29) is 16.5 Å². The van der Waals surface area contributed by atoms with Crippen molar-refractivity contribution in [1.29, 1.82) is 0 Å². The van der Waals surface area contributed by atoms with Gasteiger partial charge >= 0.3 is 5.97 Å². The van der Waals surface area contributed by atoms with Crippen LogP contribution in [0, 0.1) is 0 Å². The van der Waals surface area contributed by atoms with Gasteiger partial charge in [0.05, 0.1) is 6.42 Å². The highest BCUT2D eigenvalue weighted by atomic mass is 35.5. The van der Waals surface area contributed by atoms with E-state index in [0.717, 1.165) is 0 Å². The average Bonchev–Trinajstić information content (AvgIpc) is 2.46. The van der Waals surface area contributed by atoms with E-state index < -0.39 is 16.0 Å². The molecule has 0 radical (unpaired) electrons. The van der Waals surface area contributed by atoms with Crippen LogP contribution in [-0.4, -0.2) is 66.4 Å². The van der Waals surface area contributed by atoms with Gasteiger partial charge in [0.1, 0.15) is 10.0 Å². The normalized spacial score (nSPS) is 17.8. The molecule has 0 saturated carbocycles. The van der Waals surface area contributed by atoms with Crippen LogP contribution in [0.3, 0.4) is 0 Å². The first-order chi connectivity index (χ1) is 9.91. The molecule has 1 aromatic heterocycles. The highest BCUT2D eigenvalue weighted by molar-refractivity contribution is 7.89. The van der Waals surface area contributed by atoms with E-state index in [2.05, 4.69) is 4.98 Å². The molecule has 0 unspecified atom stereocenters. The lowest BCUT2D eigenvalue weighted by atomic mass is 10.3. The smallest absolute Gasteiger partial charge is 0.304 e. The maximum absolute atomic E-state index is 12.5. The van der Waals surface area contributed by atoms with Gasteiger partial charge in [0.15, 0.2) is 0 Å². The Morgan fingerprint density at radius 2 is 2.00 bits per heavy atom. The van der Waals surface area contributed by atoms with Crippen LogP contribution >= 0.6 is 11.6 Å². The predicted molar refractivity (Wildman–Crippen MR) is 76.7 cm³/mol. The van der Waals surface area contributed by atoms with Gasteiger partial charge in [-0.3, -0.25) is 4.79 Å². The standard InChI is InChI=1S/C12H16ClN3O4S/c13-12-10(2-1-4-14-12)21(19,20)16-8-6-15(7-9-16)5-3-11(17)18/h1-2,4H,3,5-9H2,(H,17,18). The first-order valence-electron chi connectivity index (χ1n) is 6.46. The maximum Gasteiger partial charge on any atom is 0.304 e. The SMILES string of the molecule is O=C(O)CCN1CCN(S(=O)(=O)c2cccnc2Cl)CC1. The van der Waals surface area contributed by atoms with Gasteiger partial charge in [-0.1, -0.05) is 11.6 Å². The van der Waals surface area contributed by atoms with Gasteiger partial charge in [0.2, 0.25) is 10.0 Å². The molecule has 1 N–H and O–H groups in total. The minimum atomic E-state index is -3.65. The Hall–Kier alpha value is -1.22. The van der Waals surface area contributed by atoms with E-state index in [1.54, 1.807) is 0 Å². The van der Waals surface area contributed by atoms with Crippen LogP contribution in [0.4, 0.5) is 0 Å². The molecule has 1 fully saturated rings. The van der Waals surface area contributed by atoms with Gasteiger partial charge in [-0.2, -0.15) is 4.31 Å². The summed E-state index contributed by atoms with van der Waals surface area (Å²) in [6.07, 6.45) is 1.49. The number of pyridine rings is 1. The molecule has 0 aromatic carbocycles. The van der Waals surface area contributed by atoms with Gasteiger partial charge in [-0.25, -0.2) is 13.4 Å². The molecule has 1 aliphatic rings. The summed E-state index contributed by atoms with van der Waals surface area (Å²) in [6.45, 7) is 2.06. The third kappa shape index (κ3) is 3.91. The second-order valence-corrected chi connectivity index (χ2v) is 6.95. The van der Waals surface area contributed by atoms with E-state index in [0.29, 0.717) is 32.7 Å². The lowest BCUT2D eigenvalue weighted by molar-refractivity contribution is -0.137. The molecule has 0 amide bonds. The van der Waals surface area contributed by atoms with Crippen molar-refractivity contribution in [1.82, 2.24) is 14.2 Å². The molecule has 1 aromatic rings. The Balaban J connectivity index is 2.01. The number of carboxylic acids is 1. The molecule has 0 aliphatic carbocycles. The Morgan fingerprint density at radius 1 is 1.33 bits per heavy atom. The zero-order valence-corrected chi connectivity index (χ0v) is 12.8. The van der Waals surface area contributed by atoms with Crippen molar-refractivity contribution in [2.75, 3.05) is 32.7 Å². The number of nitrogens with zero attached hydrogens (tertiary/aromatic N) is 3. The molecule has 0 bridgehead atoms. The summed E-state index contributed by atoms with van der Waals surface area (Å²) in [5.74, 6) is -0.854.